The maximum absolute atomic E-state index is 12.0. The Morgan fingerprint density at radius 3 is 2.78 bits per heavy atom. The third-order valence-electron chi connectivity index (χ3n) is 3.02. The van der Waals surface area contributed by atoms with Gasteiger partial charge in [-0.1, -0.05) is 6.92 Å². The summed E-state index contributed by atoms with van der Waals surface area (Å²) in [4.78, 5) is 13.5. The summed E-state index contributed by atoms with van der Waals surface area (Å²) < 4.78 is 23.9. The van der Waals surface area contributed by atoms with Gasteiger partial charge >= 0.3 is 0 Å². The Morgan fingerprint density at radius 1 is 1.44 bits per heavy atom. The molecule has 18 heavy (non-hydrogen) atoms. The Morgan fingerprint density at radius 2 is 2.17 bits per heavy atom. The maximum Gasteiger partial charge on any atom is 0.223 e. The summed E-state index contributed by atoms with van der Waals surface area (Å²) in [5, 5.41) is 8.02. The lowest BCUT2D eigenvalue weighted by Gasteiger charge is -2.34. The Kier molecular flexibility index (Phi) is 6.45. The Hall–Kier alpha value is -0.270. The number of unbranched alkanes of at least 4 members (excludes halogenated alkanes) is 1. The molecule has 1 saturated heterocycles. The maximum atomic E-state index is 12.0. The van der Waals surface area contributed by atoms with Crippen LogP contribution in [0, 0.1) is 0 Å². The fourth-order valence-electron chi connectivity index (χ4n) is 1.89. The number of aliphatic hydroxyl groups is 1. The van der Waals surface area contributed by atoms with Crippen molar-refractivity contribution in [1.82, 2.24) is 4.90 Å². The van der Waals surface area contributed by atoms with E-state index in [9.17, 15) is 13.2 Å². The zero-order valence-corrected chi connectivity index (χ0v) is 12.3. The highest BCUT2D eigenvalue weighted by Gasteiger charge is 2.35. The van der Waals surface area contributed by atoms with Crippen molar-refractivity contribution in [3.63, 3.8) is 0 Å². The number of hydrogen-bond donors (Lipinski definition) is 1. The van der Waals surface area contributed by atoms with Crippen LogP contribution in [0.15, 0.2) is 0 Å². The van der Waals surface area contributed by atoms with E-state index in [1.807, 2.05) is 0 Å². The molecule has 1 heterocycles. The quantitative estimate of drug-likeness (QED) is 0.722. The van der Waals surface area contributed by atoms with Crippen molar-refractivity contribution in [1.29, 1.82) is 0 Å². The van der Waals surface area contributed by atoms with Gasteiger partial charge in [0, 0.05) is 36.8 Å². The van der Waals surface area contributed by atoms with Gasteiger partial charge in [0.1, 0.15) is 5.37 Å². The van der Waals surface area contributed by atoms with Crippen LogP contribution in [0.5, 0.6) is 0 Å². The second-order valence-electron chi connectivity index (χ2n) is 4.25. The van der Waals surface area contributed by atoms with Crippen LogP contribution in [0.3, 0.4) is 0 Å². The van der Waals surface area contributed by atoms with E-state index in [2.05, 4.69) is 0 Å². The molecule has 0 bridgehead atoms. The molecule has 1 rings (SSSR count). The summed E-state index contributed by atoms with van der Waals surface area (Å²) in [6.45, 7) is 2.19. The van der Waals surface area contributed by atoms with Crippen LogP contribution in [-0.4, -0.2) is 60.1 Å². The zero-order chi connectivity index (χ0) is 13.6. The molecule has 0 spiro atoms. The molecule has 1 atom stereocenters. The molecule has 1 fully saturated rings. The molecular formula is C11H21NO4S2. The average Bonchev–Trinajstić information content (AvgIpc) is 2.39. The van der Waals surface area contributed by atoms with E-state index < -0.39 is 15.2 Å². The summed E-state index contributed by atoms with van der Waals surface area (Å²) in [5.74, 6) is 1.23. The first-order valence-corrected chi connectivity index (χ1v) is 9.09. The van der Waals surface area contributed by atoms with Crippen LogP contribution < -0.4 is 0 Å². The van der Waals surface area contributed by atoms with Crippen LogP contribution in [0.2, 0.25) is 0 Å². The van der Waals surface area contributed by atoms with Crippen molar-refractivity contribution in [2.24, 2.45) is 0 Å². The molecule has 1 amide bonds. The Labute approximate surface area is 113 Å². The molecule has 0 aromatic carbocycles. The number of amides is 1. The highest BCUT2D eigenvalue weighted by molar-refractivity contribution is 8.01. The molecule has 7 heteroatoms. The lowest BCUT2D eigenvalue weighted by molar-refractivity contribution is -0.131. The fraction of sp³-hybridized carbons (Fsp3) is 0.909. The molecule has 106 valence electrons. The SMILES string of the molecule is CCS(=O)(=O)C1CSCCN1C(=O)CCCCO. The van der Waals surface area contributed by atoms with E-state index >= 15 is 0 Å². The second-order valence-corrected chi connectivity index (χ2v) is 7.85. The van der Waals surface area contributed by atoms with Crippen LogP contribution in [0.4, 0.5) is 0 Å². The van der Waals surface area contributed by atoms with Gasteiger partial charge in [0.2, 0.25) is 5.91 Å². The normalized spacial score (nSPS) is 21.0. The van der Waals surface area contributed by atoms with E-state index in [1.165, 1.54) is 4.90 Å². The highest BCUT2D eigenvalue weighted by atomic mass is 32.2. The van der Waals surface area contributed by atoms with Gasteiger partial charge in [0.25, 0.3) is 0 Å². The summed E-state index contributed by atoms with van der Waals surface area (Å²) in [6, 6.07) is 0. The first kappa shape index (κ1) is 15.8. The van der Waals surface area contributed by atoms with E-state index in [0.717, 1.165) is 5.75 Å². The largest absolute Gasteiger partial charge is 0.396 e. The lowest BCUT2D eigenvalue weighted by Crippen LogP contribution is -2.50. The van der Waals surface area contributed by atoms with E-state index in [0.29, 0.717) is 31.6 Å². The summed E-state index contributed by atoms with van der Waals surface area (Å²) in [6.07, 6.45) is 1.51. The number of rotatable bonds is 6. The molecule has 1 unspecified atom stereocenters. The number of carbonyl (C=O) groups is 1. The summed E-state index contributed by atoms with van der Waals surface area (Å²) in [7, 11) is -3.21. The Bertz CT molecular complexity index is 369. The molecule has 5 nitrogen and oxygen atoms in total. The minimum atomic E-state index is -3.21. The molecule has 0 saturated carbocycles. The van der Waals surface area contributed by atoms with E-state index in [-0.39, 0.29) is 18.3 Å². The van der Waals surface area contributed by atoms with Crippen molar-refractivity contribution in [2.45, 2.75) is 31.6 Å². The lowest BCUT2D eigenvalue weighted by atomic mass is 10.2. The average molecular weight is 295 g/mol. The number of hydrogen-bond acceptors (Lipinski definition) is 5. The van der Waals surface area contributed by atoms with Crippen molar-refractivity contribution in [3.8, 4) is 0 Å². The molecular weight excluding hydrogens is 274 g/mol. The number of aliphatic hydroxyl groups excluding tert-OH is 1. The minimum Gasteiger partial charge on any atom is -0.396 e. The first-order chi connectivity index (χ1) is 8.53. The van der Waals surface area contributed by atoms with Gasteiger partial charge in [-0.25, -0.2) is 8.42 Å². The molecule has 0 aliphatic carbocycles. The minimum absolute atomic E-state index is 0.0681. The number of carbonyl (C=O) groups excluding carboxylic acids is 1. The van der Waals surface area contributed by atoms with Gasteiger partial charge in [0.15, 0.2) is 9.84 Å². The second kappa shape index (κ2) is 7.35. The molecule has 1 aliphatic heterocycles. The molecule has 0 aromatic heterocycles. The van der Waals surface area contributed by atoms with Gasteiger partial charge in [-0.3, -0.25) is 4.79 Å². The predicted octanol–water partition coefficient (Wildman–Crippen LogP) is 0.485. The smallest absolute Gasteiger partial charge is 0.223 e. The topological polar surface area (TPSA) is 74.7 Å². The van der Waals surface area contributed by atoms with Crippen molar-refractivity contribution in [3.05, 3.63) is 0 Å². The Balaban J connectivity index is 2.67. The standard InChI is InChI=1S/C11H21NO4S2/c1-2-18(15,16)11-9-17-8-6-12(11)10(14)5-3-4-7-13/h11,13H,2-9H2,1H3. The molecule has 0 radical (unpaired) electrons. The van der Waals surface area contributed by atoms with E-state index in [1.54, 1.807) is 18.7 Å². The monoisotopic (exact) mass is 295 g/mol. The number of nitrogens with zero attached hydrogens (tertiary/aromatic N) is 1. The van der Waals surface area contributed by atoms with E-state index in [4.69, 9.17) is 5.11 Å². The van der Waals surface area contributed by atoms with Crippen molar-refractivity contribution >= 4 is 27.5 Å². The number of sulfone groups is 1. The predicted molar refractivity (Wildman–Crippen MR) is 73.2 cm³/mol. The molecule has 1 aliphatic rings. The molecule has 1 N–H and O–H groups in total. The van der Waals surface area contributed by atoms with Crippen LogP contribution in [-0.2, 0) is 14.6 Å². The van der Waals surface area contributed by atoms with Crippen LogP contribution in [0.25, 0.3) is 0 Å². The van der Waals surface area contributed by atoms with Gasteiger partial charge in [-0.05, 0) is 12.8 Å². The van der Waals surface area contributed by atoms with Crippen molar-refractivity contribution in [2.75, 3.05) is 30.4 Å². The number of thioether (sulfide) groups is 1. The third-order valence-corrected chi connectivity index (χ3v) is 6.31. The van der Waals surface area contributed by atoms with Gasteiger partial charge in [-0.15, -0.1) is 0 Å². The van der Waals surface area contributed by atoms with Crippen molar-refractivity contribution < 1.29 is 18.3 Å². The fourth-order valence-corrected chi connectivity index (χ4v) is 4.88. The van der Waals surface area contributed by atoms with Crippen LogP contribution >= 0.6 is 11.8 Å². The highest BCUT2D eigenvalue weighted by Crippen LogP contribution is 2.22. The molecule has 0 aromatic rings. The summed E-state index contributed by atoms with van der Waals surface area (Å²) >= 11 is 1.58. The van der Waals surface area contributed by atoms with Gasteiger partial charge in [-0.2, -0.15) is 11.8 Å². The van der Waals surface area contributed by atoms with Gasteiger partial charge in [0.05, 0.1) is 0 Å². The third kappa shape index (κ3) is 4.13. The first-order valence-electron chi connectivity index (χ1n) is 6.22. The summed E-state index contributed by atoms with van der Waals surface area (Å²) in [5.41, 5.74) is 0. The zero-order valence-electron chi connectivity index (χ0n) is 10.7. The van der Waals surface area contributed by atoms with Gasteiger partial charge < -0.3 is 10.0 Å². The van der Waals surface area contributed by atoms with Crippen LogP contribution in [0.1, 0.15) is 26.2 Å².